The maximum absolute atomic E-state index is 13.2. The summed E-state index contributed by atoms with van der Waals surface area (Å²) in [7, 11) is 0. The molecule has 9 heteroatoms. The third-order valence-electron chi connectivity index (χ3n) is 5.73. The number of hydrogen-bond acceptors (Lipinski definition) is 4. The van der Waals surface area contributed by atoms with Gasteiger partial charge in [0.2, 0.25) is 11.8 Å². The molecule has 0 spiro atoms. The molecule has 0 radical (unpaired) electrons. The van der Waals surface area contributed by atoms with E-state index in [0.29, 0.717) is 16.9 Å². The minimum absolute atomic E-state index is 0.0458. The van der Waals surface area contributed by atoms with E-state index in [0.717, 1.165) is 23.3 Å². The van der Waals surface area contributed by atoms with Crippen LogP contribution in [0.5, 0.6) is 0 Å². The van der Waals surface area contributed by atoms with Crippen LogP contribution in [-0.2, 0) is 19.9 Å². The number of imide groups is 1. The summed E-state index contributed by atoms with van der Waals surface area (Å²) in [5.74, 6) is -1.64. The number of hydrogen-bond donors (Lipinski definition) is 3. The Morgan fingerprint density at radius 1 is 1.12 bits per heavy atom. The van der Waals surface area contributed by atoms with Gasteiger partial charge >= 0.3 is 6.03 Å². The van der Waals surface area contributed by atoms with Gasteiger partial charge in [-0.15, -0.1) is 0 Å². The van der Waals surface area contributed by atoms with Gasteiger partial charge in [0, 0.05) is 17.3 Å². The first kappa shape index (κ1) is 21.5. The van der Waals surface area contributed by atoms with Crippen molar-refractivity contribution >= 4 is 35.1 Å². The van der Waals surface area contributed by atoms with Crippen molar-refractivity contribution in [2.45, 2.75) is 32.2 Å². The van der Waals surface area contributed by atoms with Crippen molar-refractivity contribution in [2.75, 3.05) is 17.2 Å². The summed E-state index contributed by atoms with van der Waals surface area (Å²) >= 11 is 0. The Kier molecular flexibility index (Phi) is 5.41. The first-order valence-electron chi connectivity index (χ1n) is 10.3. The van der Waals surface area contributed by atoms with Gasteiger partial charge in [-0.1, -0.05) is 18.2 Å². The Morgan fingerprint density at radius 3 is 2.47 bits per heavy atom. The SMILES string of the molecule is Cc1ccc(NC(=O)C2CC2)cc1NC(=O)CN1C(=O)NC(C)(c2ccc(F)cc2)C1=O. The zero-order valence-electron chi connectivity index (χ0n) is 17.7. The highest BCUT2D eigenvalue weighted by molar-refractivity contribution is 6.10. The van der Waals surface area contributed by atoms with Crippen LogP contribution >= 0.6 is 0 Å². The second kappa shape index (κ2) is 8.07. The summed E-state index contributed by atoms with van der Waals surface area (Å²) in [6.07, 6.45) is 1.76. The number of amides is 5. The summed E-state index contributed by atoms with van der Waals surface area (Å²) in [6, 6.07) is 9.68. The molecule has 8 nitrogen and oxygen atoms in total. The fourth-order valence-corrected chi connectivity index (χ4v) is 3.58. The molecule has 0 bridgehead atoms. The highest BCUT2D eigenvalue weighted by Gasteiger charge is 2.49. The van der Waals surface area contributed by atoms with Gasteiger partial charge in [0.05, 0.1) is 0 Å². The molecular formula is C23H23FN4O4. The first-order chi connectivity index (χ1) is 15.2. The number of aryl methyl sites for hydroxylation is 1. The monoisotopic (exact) mass is 438 g/mol. The lowest BCUT2D eigenvalue weighted by Gasteiger charge is -2.22. The highest BCUT2D eigenvalue weighted by Crippen LogP contribution is 2.31. The van der Waals surface area contributed by atoms with E-state index in [2.05, 4.69) is 16.0 Å². The maximum atomic E-state index is 13.2. The molecule has 1 saturated carbocycles. The van der Waals surface area contributed by atoms with Crippen LogP contribution in [0.3, 0.4) is 0 Å². The first-order valence-corrected chi connectivity index (χ1v) is 10.3. The number of rotatable bonds is 6. The Morgan fingerprint density at radius 2 is 1.81 bits per heavy atom. The standard InChI is InChI=1S/C23H23FN4O4/c1-13-3-10-17(25-20(30)14-4-5-14)11-18(13)26-19(29)12-28-21(31)23(2,27-22(28)32)15-6-8-16(24)9-7-15/h3,6-11,14H,4-5,12H2,1-2H3,(H,25,30)(H,26,29)(H,27,32). The van der Waals surface area contributed by atoms with Gasteiger partial charge in [-0.05, 0) is 62.1 Å². The topological polar surface area (TPSA) is 108 Å². The van der Waals surface area contributed by atoms with Crippen molar-refractivity contribution in [3.8, 4) is 0 Å². The number of carbonyl (C=O) groups excluding carboxylic acids is 4. The van der Waals surface area contributed by atoms with Crippen LogP contribution in [0.1, 0.15) is 30.9 Å². The molecule has 166 valence electrons. The molecule has 1 saturated heterocycles. The zero-order chi connectivity index (χ0) is 23.0. The van der Waals surface area contributed by atoms with E-state index in [1.165, 1.54) is 31.2 Å². The lowest BCUT2D eigenvalue weighted by Crippen LogP contribution is -2.42. The summed E-state index contributed by atoms with van der Waals surface area (Å²) < 4.78 is 13.2. The largest absolute Gasteiger partial charge is 0.326 e. The number of halogens is 1. The van der Waals surface area contributed by atoms with Crippen molar-refractivity contribution in [1.82, 2.24) is 10.2 Å². The molecule has 3 N–H and O–H groups in total. The van der Waals surface area contributed by atoms with E-state index >= 15 is 0 Å². The van der Waals surface area contributed by atoms with Gasteiger partial charge in [-0.25, -0.2) is 9.18 Å². The fourth-order valence-electron chi connectivity index (χ4n) is 3.58. The van der Waals surface area contributed by atoms with E-state index in [1.807, 2.05) is 0 Å². The smallest absolute Gasteiger partial charge is 0.325 e. The van der Waals surface area contributed by atoms with Gasteiger partial charge in [-0.2, -0.15) is 0 Å². The predicted molar refractivity (Wildman–Crippen MR) is 115 cm³/mol. The molecule has 1 unspecified atom stereocenters. The molecule has 5 amide bonds. The number of carbonyl (C=O) groups is 4. The molecule has 1 aliphatic carbocycles. The number of urea groups is 1. The van der Waals surface area contributed by atoms with E-state index in [9.17, 15) is 23.6 Å². The van der Waals surface area contributed by atoms with Crippen LogP contribution in [0.2, 0.25) is 0 Å². The van der Waals surface area contributed by atoms with E-state index in [4.69, 9.17) is 0 Å². The molecule has 32 heavy (non-hydrogen) atoms. The van der Waals surface area contributed by atoms with Crippen LogP contribution in [0, 0.1) is 18.7 Å². The Labute approximate surface area is 184 Å². The predicted octanol–water partition coefficient (Wildman–Crippen LogP) is 2.89. The molecule has 2 aliphatic rings. The third-order valence-corrected chi connectivity index (χ3v) is 5.73. The molecular weight excluding hydrogens is 415 g/mol. The average Bonchev–Trinajstić information content (AvgIpc) is 3.56. The van der Waals surface area contributed by atoms with E-state index < -0.39 is 35.7 Å². The number of nitrogens with zero attached hydrogens (tertiary/aromatic N) is 1. The molecule has 2 aromatic rings. The minimum atomic E-state index is -1.39. The van der Waals surface area contributed by atoms with Gasteiger partial charge in [0.25, 0.3) is 5.91 Å². The molecule has 4 rings (SSSR count). The summed E-state index contributed by atoms with van der Waals surface area (Å²) in [5.41, 5.74) is 0.804. The average molecular weight is 438 g/mol. The minimum Gasteiger partial charge on any atom is -0.326 e. The van der Waals surface area contributed by atoms with Crippen molar-refractivity contribution in [3.63, 3.8) is 0 Å². The second-order valence-corrected chi connectivity index (χ2v) is 8.29. The third kappa shape index (κ3) is 4.18. The molecule has 2 aromatic carbocycles. The van der Waals surface area contributed by atoms with Crippen LogP contribution in [0.15, 0.2) is 42.5 Å². The lowest BCUT2D eigenvalue weighted by atomic mass is 9.92. The van der Waals surface area contributed by atoms with Crippen molar-refractivity contribution in [3.05, 3.63) is 59.4 Å². The maximum Gasteiger partial charge on any atom is 0.325 e. The molecule has 2 fully saturated rings. The second-order valence-electron chi connectivity index (χ2n) is 8.29. The van der Waals surface area contributed by atoms with Crippen LogP contribution < -0.4 is 16.0 Å². The summed E-state index contributed by atoms with van der Waals surface area (Å²) in [6.45, 7) is 2.81. The summed E-state index contributed by atoms with van der Waals surface area (Å²) in [5, 5.41) is 8.10. The molecule has 1 aliphatic heterocycles. The number of nitrogens with one attached hydrogen (secondary N) is 3. The highest BCUT2D eigenvalue weighted by atomic mass is 19.1. The number of benzene rings is 2. The van der Waals surface area contributed by atoms with Gasteiger partial charge in [0.1, 0.15) is 17.9 Å². The normalized spacial score (nSPS) is 20.2. The fraction of sp³-hybridized carbons (Fsp3) is 0.304. The Balaban J connectivity index is 1.45. The van der Waals surface area contributed by atoms with Crippen molar-refractivity contribution in [2.24, 2.45) is 5.92 Å². The zero-order valence-corrected chi connectivity index (χ0v) is 17.7. The van der Waals surface area contributed by atoms with Crippen LogP contribution in [0.4, 0.5) is 20.6 Å². The van der Waals surface area contributed by atoms with Crippen molar-refractivity contribution < 1.29 is 23.6 Å². The van der Waals surface area contributed by atoms with Gasteiger partial charge in [0.15, 0.2) is 0 Å². The Hall–Kier alpha value is -3.75. The summed E-state index contributed by atoms with van der Waals surface area (Å²) in [4.78, 5) is 50.8. The van der Waals surface area contributed by atoms with Gasteiger partial charge in [-0.3, -0.25) is 19.3 Å². The van der Waals surface area contributed by atoms with E-state index in [1.54, 1.807) is 25.1 Å². The van der Waals surface area contributed by atoms with Crippen LogP contribution in [-0.4, -0.2) is 35.2 Å². The molecule has 1 heterocycles. The van der Waals surface area contributed by atoms with E-state index in [-0.39, 0.29) is 11.8 Å². The Bertz CT molecular complexity index is 1110. The number of anilines is 2. The molecule has 1 atom stereocenters. The van der Waals surface area contributed by atoms with Gasteiger partial charge < -0.3 is 16.0 Å². The van der Waals surface area contributed by atoms with Crippen LogP contribution in [0.25, 0.3) is 0 Å². The lowest BCUT2D eigenvalue weighted by molar-refractivity contribution is -0.133. The molecule has 0 aromatic heterocycles. The quantitative estimate of drug-likeness (QED) is 0.603. The van der Waals surface area contributed by atoms with Crippen molar-refractivity contribution in [1.29, 1.82) is 0 Å².